The van der Waals surface area contributed by atoms with Crippen molar-refractivity contribution in [2.24, 2.45) is 5.10 Å². The van der Waals surface area contributed by atoms with Crippen LogP contribution in [0.3, 0.4) is 0 Å². The van der Waals surface area contributed by atoms with E-state index in [1.807, 2.05) is 62.4 Å². The average Bonchev–Trinajstić information content (AvgIpc) is 2.76. The van der Waals surface area contributed by atoms with Crippen LogP contribution < -0.4 is 15.5 Å². The summed E-state index contributed by atoms with van der Waals surface area (Å²) >= 11 is 6.16. The van der Waals surface area contributed by atoms with Crippen molar-refractivity contribution in [1.82, 2.24) is 5.43 Å². The fraction of sp³-hybridized carbons (Fsp3) is 0.125. The number of aryl methyl sites for hydroxylation is 2. The number of para-hydroxylation sites is 2. The Morgan fingerprint density at radius 1 is 0.935 bits per heavy atom. The van der Waals surface area contributed by atoms with E-state index in [0.717, 1.165) is 16.7 Å². The number of ether oxygens (including phenoxy) is 1. The predicted octanol–water partition coefficient (Wildman–Crippen LogP) is 4.62. The molecular formula is C24H22ClN3O3. The average molecular weight is 436 g/mol. The standard InChI is InChI=1S/C24H22ClN3O3/c1-16-8-7-9-17(2)22(16)27-23(29)24(30)28-26-14-18-10-4-6-13-21(18)31-15-19-11-3-5-12-20(19)25/h3-14H,15H2,1-2H3,(H,27,29)(H,28,30)/b26-14+. The Morgan fingerprint density at radius 3 is 2.35 bits per heavy atom. The van der Waals surface area contributed by atoms with Gasteiger partial charge in [0.05, 0.1) is 6.21 Å². The zero-order valence-electron chi connectivity index (χ0n) is 17.2. The van der Waals surface area contributed by atoms with Gasteiger partial charge in [0, 0.05) is 21.8 Å². The van der Waals surface area contributed by atoms with Crippen LogP contribution in [-0.4, -0.2) is 18.0 Å². The summed E-state index contributed by atoms with van der Waals surface area (Å²) in [6.07, 6.45) is 1.42. The van der Waals surface area contributed by atoms with E-state index in [0.29, 0.717) is 22.0 Å². The van der Waals surface area contributed by atoms with Crippen LogP contribution in [0, 0.1) is 13.8 Å². The van der Waals surface area contributed by atoms with Crippen molar-refractivity contribution in [3.63, 3.8) is 0 Å². The summed E-state index contributed by atoms with van der Waals surface area (Å²) in [4.78, 5) is 24.3. The Bertz CT molecular complexity index is 1110. The highest BCUT2D eigenvalue weighted by molar-refractivity contribution is 6.39. The summed E-state index contributed by atoms with van der Waals surface area (Å²) in [5.74, 6) is -1.09. The third-order valence-electron chi connectivity index (χ3n) is 4.56. The van der Waals surface area contributed by atoms with Gasteiger partial charge in [-0.15, -0.1) is 0 Å². The molecule has 0 fully saturated rings. The van der Waals surface area contributed by atoms with Gasteiger partial charge in [-0.3, -0.25) is 9.59 Å². The molecule has 0 atom stereocenters. The molecule has 3 rings (SSSR count). The van der Waals surface area contributed by atoms with E-state index in [-0.39, 0.29) is 6.61 Å². The smallest absolute Gasteiger partial charge is 0.329 e. The van der Waals surface area contributed by atoms with Crippen molar-refractivity contribution in [2.45, 2.75) is 20.5 Å². The van der Waals surface area contributed by atoms with E-state index in [2.05, 4.69) is 15.8 Å². The molecule has 0 radical (unpaired) electrons. The van der Waals surface area contributed by atoms with Gasteiger partial charge in [0.1, 0.15) is 12.4 Å². The molecule has 2 N–H and O–H groups in total. The van der Waals surface area contributed by atoms with E-state index in [9.17, 15) is 9.59 Å². The van der Waals surface area contributed by atoms with Gasteiger partial charge in [0.25, 0.3) is 0 Å². The minimum absolute atomic E-state index is 0.287. The van der Waals surface area contributed by atoms with E-state index in [4.69, 9.17) is 16.3 Å². The lowest BCUT2D eigenvalue weighted by molar-refractivity contribution is -0.136. The molecule has 2 amide bonds. The molecule has 0 aliphatic rings. The molecule has 0 unspecified atom stereocenters. The van der Waals surface area contributed by atoms with E-state index in [1.54, 1.807) is 18.2 Å². The Morgan fingerprint density at radius 2 is 1.61 bits per heavy atom. The highest BCUT2D eigenvalue weighted by Gasteiger charge is 2.15. The van der Waals surface area contributed by atoms with Crippen LogP contribution in [0.2, 0.25) is 5.02 Å². The summed E-state index contributed by atoms with van der Waals surface area (Å²) in [5.41, 5.74) is 6.09. The lowest BCUT2D eigenvalue weighted by atomic mass is 10.1. The van der Waals surface area contributed by atoms with Crippen LogP contribution in [0.15, 0.2) is 71.8 Å². The number of nitrogens with zero attached hydrogens (tertiary/aromatic N) is 1. The quantitative estimate of drug-likeness (QED) is 0.336. The number of halogens is 1. The number of hydrogen-bond acceptors (Lipinski definition) is 4. The number of nitrogens with one attached hydrogen (secondary N) is 2. The third kappa shape index (κ3) is 5.93. The molecule has 31 heavy (non-hydrogen) atoms. The zero-order valence-corrected chi connectivity index (χ0v) is 17.9. The van der Waals surface area contributed by atoms with Crippen molar-refractivity contribution in [3.8, 4) is 5.75 Å². The number of carbonyl (C=O) groups is 2. The second-order valence-corrected chi connectivity index (χ2v) is 7.25. The molecule has 7 heteroatoms. The number of carbonyl (C=O) groups excluding carboxylic acids is 2. The molecule has 0 bridgehead atoms. The summed E-state index contributed by atoms with van der Waals surface area (Å²) in [6, 6.07) is 20.2. The van der Waals surface area contributed by atoms with Crippen LogP contribution in [0.1, 0.15) is 22.3 Å². The van der Waals surface area contributed by atoms with Crippen LogP contribution in [0.4, 0.5) is 5.69 Å². The molecular weight excluding hydrogens is 414 g/mol. The van der Waals surface area contributed by atoms with Gasteiger partial charge in [0.15, 0.2) is 0 Å². The van der Waals surface area contributed by atoms with E-state index >= 15 is 0 Å². The number of rotatable bonds is 6. The second-order valence-electron chi connectivity index (χ2n) is 6.84. The van der Waals surface area contributed by atoms with Gasteiger partial charge < -0.3 is 10.1 Å². The normalized spacial score (nSPS) is 10.7. The van der Waals surface area contributed by atoms with E-state index < -0.39 is 11.8 Å². The van der Waals surface area contributed by atoms with Crippen LogP contribution in [0.25, 0.3) is 0 Å². The summed E-state index contributed by atoms with van der Waals surface area (Å²) < 4.78 is 5.85. The van der Waals surface area contributed by atoms with Crippen LogP contribution in [-0.2, 0) is 16.2 Å². The van der Waals surface area contributed by atoms with Crippen molar-refractivity contribution in [3.05, 3.63) is 94.0 Å². The van der Waals surface area contributed by atoms with Gasteiger partial charge in [0.2, 0.25) is 0 Å². The topological polar surface area (TPSA) is 79.8 Å². The second kappa shape index (κ2) is 10.4. The molecule has 0 aliphatic heterocycles. The minimum Gasteiger partial charge on any atom is -0.488 e. The first-order valence-corrected chi connectivity index (χ1v) is 9.99. The number of anilines is 1. The highest BCUT2D eigenvalue weighted by Crippen LogP contribution is 2.21. The van der Waals surface area contributed by atoms with Gasteiger partial charge in [-0.2, -0.15) is 5.10 Å². The molecule has 0 saturated heterocycles. The summed E-state index contributed by atoms with van der Waals surface area (Å²) in [5, 5.41) is 7.13. The fourth-order valence-corrected chi connectivity index (χ4v) is 3.07. The molecule has 6 nitrogen and oxygen atoms in total. The molecule has 0 heterocycles. The summed E-state index contributed by atoms with van der Waals surface area (Å²) in [7, 11) is 0. The first-order chi connectivity index (χ1) is 15.0. The maximum Gasteiger partial charge on any atom is 0.329 e. The van der Waals surface area contributed by atoms with Gasteiger partial charge in [-0.1, -0.05) is 60.1 Å². The minimum atomic E-state index is -0.867. The van der Waals surface area contributed by atoms with Crippen molar-refractivity contribution < 1.29 is 14.3 Å². The molecule has 3 aromatic carbocycles. The first-order valence-electron chi connectivity index (χ1n) is 9.61. The summed E-state index contributed by atoms with van der Waals surface area (Å²) in [6.45, 7) is 4.01. The maximum absolute atomic E-state index is 12.2. The fourth-order valence-electron chi connectivity index (χ4n) is 2.88. The van der Waals surface area contributed by atoms with Gasteiger partial charge >= 0.3 is 11.8 Å². The molecule has 0 aliphatic carbocycles. The third-order valence-corrected chi connectivity index (χ3v) is 4.92. The lowest BCUT2D eigenvalue weighted by Crippen LogP contribution is -2.32. The van der Waals surface area contributed by atoms with Crippen LogP contribution in [0.5, 0.6) is 5.75 Å². The maximum atomic E-state index is 12.2. The highest BCUT2D eigenvalue weighted by atomic mass is 35.5. The molecule has 0 spiro atoms. The van der Waals surface area contributed by atoms with Crippen molar-refractivity contribution in [1.29, 1.82) is 0 Å². The predicted molar refractivity (Wildman–Crippen MR) is 123 cm³/mol. The SMILES string of the molecule is Cc1cccc(C)c1NC(=O)C(=O)N/N=C/c1ccccc1OCc1ccccc1Cl. The zero-order chi connectivity index (χ0) is 22.2. The van der Waals surface area contributed by atoms with Crippen molar-refractivity contribution in [2.75, 3.05) is 5.32 Å². The number of hydrogen-bond donors (Lipinski definition) is 2. The Kier molecular flexibility index (Phi) is 7.40. The molecule has 158 valence electrons. The van der Waals surface area contributed by atoms with Gasteiger partial charge in [-0.05, 0) is 43.2 Å². The Labute approximate surface area is 185 Å². The van der Waals surface area contributed by atoms with Gasteiger partial charge in [-0.25, -0.2) is 5.43 Å². The van der Waals surface area contributed by atoms with E-state index in [1.165, 1.54) is 6.21 Å². The number of hydrazone groups is 1. The largest absolute Gasteiger partial charge is 0.488 e. The first kappa shape index (κ1) is 22.1. The number of benzene rings is 3. The lowest BCUT2D eigenvalue weighted by Gasteiger charge is -2.11. The Hall–Kier alpha value is -3.64. The van der Waals surface area contributed by atoms with Crippen molar-refractivity contribution >= 4 is 35.3 Å². The Balaban J connectivity index is 1.61. The number of amides is 2. The monoisotopic (exact) mass is 435 g/mol. The molecule has 3 aromatic rings. The molecule has 0 saturated carbocycles. The van der Waals surface area contributed by atoms with Crippen LogP contribution >= 0.6 is 11.6 Å². The molecule has 0 aromatic heterocycles.